The highest BCUT2D eigenvalue weighted by molar-refractivity contribution is 5.83. The number of aromatic nitrogens is 2. The maximum absolute atomic E-state index is 13.7. The minimum atomic E-state index is -5.04. The van der Waals surface area contributed by atoms with E-state index in [1.165, 1.54) is 6.07 Å². The Morgan fingerprint density at radius 3 is 2.13 bits per heavy atom. The Bertz CT molecular complexity index is 1040. The van der Waals surface area contributed by atoms with Crippen molar-refractivity contribution in [3.63, 3.8) is 0 Å². The molecule has 0 fully saturated rings. The summed E-state index contributed by atoms with van der Waals surface area (Å²) >= 11 is 0. The maximum atomic E-state index is 13.7. The van der Waals surface area contributed by atoms with Gasteiger partial charge in [-0.3, -0.25) is 0 Å². The van der Waals surface area contributed by atoms with E-state index in [-0.39, 0.29) is 29.7 Å². The third-order valence-corrected chi connectivity index (χ3v) is 4.43. The fraction of sp³-hybridized carbons (Fsp3) is 0.238. The first-order valence-electron chi connectivity index (χ1n) is 9.18. The molecule has 2 N–H and O–H groups in total. The molecule has 0 bridgehead atoms. The molecule has 3 aromatic rings. The van der Waals surface area contributed by atoms with Gasteiger partial charge in [0.15, 0.2) is 0 Å². The number of hydrogen-bond donors (Lipinski definition) is 2. The van der Waals surface area contributed by atoms with E-state index in [0.717, 1.165) is 6.07 Å². The summed E-state index contributed by atoms with van der Waals surface area (Å²) in [7, 11) is 0. The predicted octanol–water partition coefficient (Wildman–Crippen LogP) is 5.64. The third kappa shape index (κ3) is 5.32. The van der Waals surface area contributed by atoms with E-state index in [1.807, 2.05) is 0 Å². The lowest BCUT2D eigenvalue weighted by molar-refractivity contribution is -0.142. The number of nitrogens with one attached hydrogen (secondary N) is 1. The summed E-state index contributed by atoms with van der Waals surface area (Å²) in [5.41, 5.74) is -2.76. The average molecular weight is 441 g/mol. The monoisotopic (exact) mass is 441 g/mol. The van der Waals surface area contributed by atoms with Crippen molar-refractivity contribution in [1.29, 1.82) is 0 Å². The zero-order chi connectivity index (χ0) is 22.6. The molecule has 3 rings (SSSR count). The van der Waals surface area contributed by atoms with E-state index in [4.69, 9.17) is 5.11 Å². The van der Waals surface area contributed by atoms with Crippen molar-refractivity contribution in [2.45, 2.75) is 18.8 Å². The van der Waals surface area contributed by atoms with E-state index in [1.54, 1.807) is 30.3 Å². The molecule has 0 aliphatic heterocycles. The molecule has 0 saturated heterocycles. The number of aliphatic hydroxyl groups excluding tert-OH is 1. The van der Waals surface area contributed by atoms with Gasteiger partial charge >= 0.3 is 12.4 Å². The molecule has 0 spiro atoms. The molecule has 4 nitrogen and oxygen atoms in total. The van der Waals surface area contributed by atoms with Crippen LogP contribution < -0.4 is 5.32 Å². The molecule has 31 heavy (non-hydrogen) atoms. The molecular formula is C21H17F6N3O. The number of benzene rings is 2. The lowest BCUT2D eigenvalue weighted by Gasteiger charge is -2.18. The summed E-state index contributed by atoms with van der Waals surface area (Å²) in [6.07, 6.45) is -9.54. The second-order valence-corrected chi connectivity index (χ2v) is 6.62. The van der Waals surface area contributed by atoms with Crippen LogP contribution in [0.2, 0.25) is 0 Å². The average Bonchev–Trinajstić information content (AvgIpc) is 2.73. The fourth-order valence-electron chi connectivity index (χ4n) is 2.97. The van der Waals surface area contributed by atoms with Gasteiger partial charge in [-0.25, -0.2) is 0 Å². The second-order valence-electron chi connectivity index (χ2n) is 6.62. The summed E-state index contributed by atoms with van der Waals surface area (Å²) in [6, 6.07) is 11.3. The van der Waals surface area contributed by atoms with Crippen molar-refractivity contribution in [2.24, 2.45) is 0 Å². The number of aliphatic hydroxyl groups is 1. The van der Waals surface area contributed by atoms with Crippen LogP contribution in [0.3, 0.4) is 0 Å². The highest BCUT2D eigenvalue weighted by Gasteiger charge is 2.39. The van der Waals surface area contributed by atoms with Crippen LogP contribution in [0.5, 0.6) is 0 Å². The van der Waals surface area contributed by atoms with E-state index in [0.29, 0.717) is 24.6 Å². The molecule has 2 aromatic carbocycles. The first-order chi connectivity index (χ1) is 14.6. The first kappa shape index (κ1) is 22.5. The van der Waals surface area contributed by atoms with Crippen LogP contribution in [0.15, 0.2) is 54.6 Å². The molecule has 0 saturated carbocycles. The highest BCUT2D eigenvalue weighted by atomic mass is 19.4. The molecule has 0 atom stereocenters. The molecule has 0 aliphatic rings. The van der Waals surface area contributed by atoms with Gasteiger partial charge in [0.2, 0.25) is 0 Å². The number of anilines is 1. The maximum Gasteiger partial charge on any atom is 0.417 e. The molecule has 0 unspecified atom stereocenters. The van der Waals surface area contributed by atoms with Crippen molar-refractivity contribution < 1.29 is 31.4 Å². The van der Waals surface area contributed by atoms with Crippen molar-refractivity contribution in [1.82, 2.24) is 10.2 Å². The lowest BCUT2D eigenvalue weighted by atomic mass is 9.95. The standard InChI is InChI=1S/C21H17F6N3O/c22-20(23,24)14-7-8-15(17(11-14)21(25,26)27)19-16(13-5-2-1-3-6-13)12-18(29-30-19)28-9-4-10-31/h1-3,5-8,11-12,31H,4,9-10H2,(H,28,29). The van der Waals surface area contributed by atoms with E-state index >= 15 is 0 Å². The lowest BCUT2D eigenvalue weighted by Crippen LogP contribution is -2.13. The number of rotatable bonds is 6. The molecule has 0 amide bonds. The summed E-state index contributed by atoms with van der Waals surface area (Å²) in [4.78, 5) is 0. The highest BCUT2D eigenvalue weighted by Crippen LogP contribution is 2.42. The van der Waals surface area contributed by atoms with Gasteiger partial charge in [-0.1, -0.05) is 36.4 Å². The van der Waals surface area contributed by atoms with Gasteiger partial charge in [-0.05, 0) is 30.2 Å². The van der Waals surface area contributed by atoms with Crippen LogP contribution in [-0.4, -0.2) is 28.5 Å². The minimum Gasteiger partial charge on any atom is -0.396 e. The molecule has 164 valence electrons. The Morgan fingerprint density at radius 2 is 1.52 bits per heavy atom. The minimum absolute atomic E-state index is 0.0649. The zero-order valence-corrected chi connectivity index (χ0v) is 15.9. The van der Waals surface area contributed by atoms with Gasteiger partial charge in [0.25, 0.3) is 0 Å². The largest absolute Gasteiger partial charge is 0.417 e. The van der Waals surface area contributed by atoms with Crippen LogP contribution >= 0.6 is 0 Å². The summed E-state index contributed by atoms with van der Waals surface area (Å²) in [6.45, 7) is 0.289. The van der Waals surface area contributed by atoms with Gasteiger partial charge in [0, 0.05) is 24.3 Å². The summed E-state index contributed by atoms with van der Waals surface area (Å²) < 4.78 is 80.0. The van der Waals surface area contributed by atoms with Gasteiger partial charge in [0.1, 0.15) is 11.5 Å². The van der Waals surface area contributed by atoms with Crippen LogP contribution in [0.25, 0.3) is 22.4 Å². The smallest absolute Gasteiger partial charge is 0.396 e. The summed E-state index contributed by atoms with van der Waals surface area (Å²) in [5, 5.41) is 19.6. The topological polar surface area (TPSA) is 58.0 Å². The summed E-state index contributed by atoms with van der Waals surface area (Å²) in [5.74, 6) is 0.261. The Kier molecular flexibility index (Phi) is 6.49. The zero-order valence-electron chi connectivity index (χ0n) is 15.9. The van der Waals surface area contributed by atoms with Crippen molar-refractivity contribution in [3.05, 3.63) is 65.7 Å². The van der Waals surface area contributed by atoms with Gasteiger partial charge in [0.05, 0.1) is 11.1 Å². The van der Waals surface area contributed by atoms with E-state index in [2.05, 4.69) is 15.5 Å². The van der Waals surface area contributed by atoms with Gasteiger partial charge in [-0.15, -0.1) is 10.2 Å². The van der Waals surface area contributed by atoms with Crippen LogP contribution in [-0.2, 0) is 12.4 Å². The molecule has 0 aliphatic carbocycles. The van der Waals surface area contributed by atoms with Crippen LogP contribution in [0.1, 0.15) is 17.5 Å². The molecular weight excluding hydrogens is 424 g/mol. The van der Waals surface area contributed by atoms with Crippen molar-refractivity contribution >= 4 is 5.82 Å². The Morgan fingerprint density at radius 1 is 0.806 bits per heavy atom. The number of halogens is 6. The number of hydrogen-bond acceptors (Lipinski definition) is 4. The first-order valence-corrected chi connectivity index (χ1v) is 9.18. The van der Waals surface area contributed by atoms with Crippen LogP contribution in [0.4, 0.5) is 32.2 Å². The van der Waals surface area contributed by atoms with Crippen molar-refractivity contribution in [2.75, 3.05) is 18.5 Å². The fourth-order valence-corrected chi connectivity index (χ4v) is 2.97. The van der Waals surface area contributed by atoms with Gasteiger partial charge in [-0.2, -0.15) is 26.3 Å². The Balaban J connectivity index is 2.20. The van der Waals surface area contributed by atoms with Gasteiger partial charge < -0.3 is 10.4 Å². The third-order valence-electron chi connectivity index (χ3n) is 4.43. The number of nitrogens with zero attached hydrogens (tertiary/aromatic N) is 2. The van der Waals surface area contributed by atoms with E-state index < -0.39 is 29.0 Å². The molecule has 0 radical (unpaired) electrons. The number of alkyl halides is 6. The molecule has 10 heteroatoms. The normalized spacial score (nSPS) is 12.1. The SMILES string of the molecule is OCCCNc1cc(-c2ccccc2)c(-c2ccc(C(F)(F)F)cc2C(F)(F)F)nn1. The predicted molar refractivity (Wildman–Crippen MR) is 103 cm³/mol. The Hall–Kier alpha value is -3.14. The second kappa shape index (κ2) is 8.93. The Labute approximate surface area is 173 Å². The van der Waals surface area contributed by atoms with Crippen molar-refractivity contribution in [3.8, 4) is 22.4 Å². The van der Waals surface area contributed by atoms with E-state index in [9.17, 15) is 26.3 Å². The van der Waals surface area contributed by atoms with Crippen LogP contribution in [0, 0.1) is 0 Å². The molecule has 1 heterocycles. The quantitative estimate of drug-likeness (QED) is 0.384. The molecule has 1 aromatic heterocycles.